The molecule has 1 amide bonds. The Morgan fingerprint density at radius 3 is 2.60 bits per heavy atom. The van der Waals surface area contributed by atoms with Crippen molar-refractivity contribution in [3.05, 3.63) is 23.8 Å². The van der Waals surface area contributed by atoms with Crippen LogP contribution >= 0.6 is 0 Å². The van der Waals surface area contributed by atoms with Gasteiger partial charge >= 0.3 is 5.97 Å². The molecule has 6 heteroatoms. The highest BCUT2D eigenvalue weighted by atomic mass is 16.5. The van der Waals surface area contributed by atoms with Crippen LogP contribution in [0.2, 0.25) is 0 Å². The average Bonchev–Trinajstić information content (AvgIpc) is 2.82. The highest BCUT2D eigenvalue weighted by Gasteiger charge is 2.42. The highest BCUT2D eigenvalue weighted by molar-refractivity contribution is 5.95. The van der Waals surface area contributed by atoms with Gasteiger partial charge < -0.3 is 19.8 Å². The van der Waals surface area contributed by atoms with Crippen LogP contribution in [0, 0.1) is 5.41 Å². The van der Waals surface area contributed by atoms with Crippen molar-refractivity contribution in [2.75, 3.05) is 20.2 Å². The maximum atomic E-state index is 12.3. The summed E-state index contributed by atoms with van der Waals surface area (Å²) in [5.74, 6) is -1.00. The Kier molecular flexibility index (Phi) is 3.57. The third-order valence-electron chi connectivity index (χ3n) is 3.70. The number of methoxy groups -OCH3 is 1. The molecular formula is C14H17NO5. The van der Waals surface area contributed by atoms with Crippen molar-refractivity contribution in [3.8, 4) is 11.5 Å². The molecular weight excluding hydrogens is 262 g/mol. The van der Waals surface area contributed by atoms with E-state index in [1.54, 1.807) is 13.0 Å². The van der Waals surface area contributed by atoms with Gasteiger partial charge in [0.2, 0.25) is 0 Å². The molecule has 6 nitrogen and oxygen atoms in total. The van der Waals surface area contributed by atoms with Gasteiger partial charge in [0.05, 0.1) is 12.5 Å². The second-order valence-electron chi connectivity index (χ2n) is 5.23. The molecule has 2 rings (SSSR count). The summed E-state index contributed by atoms with van der Waals surface area (Å²) in [6, 6.07) is 4.39. The Balaban J connectivity index is 2.17. The number of benzene rings is 1. The number of amides is 1. The van der Waals surface area contributed by atoms with Crippen molar-refractivity contribution in [3.63, 3.8) is 0 Å². The first-order valence-electron chi connectivity index (χ1n) is 6.27. The Morgan fingerprint density at radius 1 is 1.40 bits per heavy atom. The lowest BCUT2D eigenvalue weighted by molar-refractivity contribution is -0.147. The molecule has 1 heterocycles. The number of ether oxygens (including phenoxy) is 1. The van der Waals surface area contributed by atoms with Crippen LogP contribution in [-0.2, 0) is 4.79 Å². The fraction of sp³-hybridized carbons (Fsp3) is 0.429. The molecule has 1 aliphatic heterocycles. The van der Waals surface area contributed by atoms with E-state index >= 15 is 0 Å². The number of carboxylic acids is 1. The molecule has 1 atom stereocenters. The molecule has 0 saturated carbocycles. The number of phenols is 1. The molecule has 108 valence electrons. The minimum Gasteiger partial charge on any atom is -0.504 e. The van der Waals surface area contributed by atoms with E-state index < -0.39 is 11.4 Å². The molecule has 0 aliphatic carbocycles. The lowest BCUT2D eigenvalue weighted by Gasteiger charge is -2.20. The number of rotatable bonds is 3. The monoisotopic (exact) mass is 279 g/mol. The van der Waals surface area contributed by atoms with Crippen LogP contribution in [0.4, 0.5) is 0 Å². The largest absolute Gasteiger partial charge is 0.504 e. The normalized spacial score (nSPS) is 21.8. The van der Waals surface area contributed by atoms with Gasteiger partial charge in [-0.1, -0.05) is 0 Å². The zero-order chi connectivity index (χ0) is 14.9. The number of phenolic OH excluding ortho intramolecular Hbond substituents is 1. The Morgan fingerprint density at radius 2 is 2.10 bits per heavy atom. The van der Waals surface area contributed by atoms with Gasteiger partial charge in [-0.25, -0.2) is 0 Å². The van der Waals surface area contributed by atoms with E-state index in [9.17, 15) is 14.7 Å². The van der Waals surface area contributed by atoms with Gasteiger partial charge in [-0.3, -0.25) is 9.59 Å². The van der Waals surface area contributed by atoms with Gasteiger partial charge in [0.15, 0.2) is 11.5 Å². The summed E-state index contributed by atoms with van der Waals surface area (Å²) >= 11 is 0. The molecule has 0 spiro atoms. The van der Waals surface area contributed by atoms with Crippen molar-refractivity contribution in [1.82, 2.24) is 4.90 Å². The summed E-state index contributed by atoms with van der Waals surface area (Å²) in [4.78, 5) is 25.0. The van der Waals surface area contributed by atoms with Crippen molar-refractivity contribution >= 4 is 11.9 Å². The Hall–Kier alpha value is -2.24. The molecule has 0 radical (unpaired) electrons. The third-order valence-corrected chi connectivity index (χ3v) is 3.70. The first-order valence-corrected chi connectivity index (χ1v) is 6.27. The number of nitrogens with zero attached hydrogens (tertiary/aromatic N) is 1. The molecule has 1 saturated heterocycles. The number of aromatic hydroxyl groups is 1. The molecule has 20 heavy (non-hydrogen) atoms. The smallest absolute Gasteiger partial charge is 0.311 e. The van der Waals surface area contributed by atoms with Crippen molar-refractivity contribution in [1.29, 1.82) is 0 Å². The standard InChI is InChI=1S/C14H17NO5/c1-14(13(18)19)5-6-15(8-14)12(17)9-3-4-11(20-2)10(16)7-9/h3-4,7,16H,5-6,8H2,1-2H3,(H,18,19). The van der Waals surface area contributed by atoms with Gasteiger partial charge in [-0.15, -0.1) is 0 Å². The van der Waals surface area contributed by atoms with Crippen LogP contribution in [0.1, 0.15) is 23.7 Å². The Labute approximate surface area is 116 Å². The second-order valence-corrected chi connectivity index (χ2v) is 5.23. The lowest BCUT2D eigenvalue weighted by atomic mass is 9.90. The molecule has 1 fully saturated rings. The SMILES string of the molecule is COc1ccc(C(=O)N2CCC(C)(C(=O)O)C2)cc1O. The predicted octanol–water partition coefficient (Wildman–Crippen LogP) is 1.34. The first kappa shape index (κ1) is 14.2. The minimum absolute atomic E-state index is 0.112. The molecule has 1 aromatic carbocycles. The van der Waals surface area contributed by atoms with Gasteiger partial charge in [0.25, 0.3) is 5.91 Å². The summed E-state index contributed by atoms with van der Waals surface area (Å²) < 4.78 is 4.92. The quantitative estimate of drug-likeness (QED) is 0.871. The van der Waals surface area contributed by atoms with E-state index in [-0.39, 0.29) is 18.2 Å². The minimum atomic E-state index is -0.899. The number of hydrogen-bond acceptors (Lipinski definition) is 4. The van der Waals surface area contributed by atoms with Crippen LogP contribution in [0.25, 0.3) is 0 Å². The lowest BCUT2D eigenvalue weighted by Crippen LogP contribution is -2.34. The van der Waals surface area contributed by atoms with Gasteiger partial charge in [-0.2, -0.15) is 0 Å². The molecule has 0 bridgehead atoms. The highest BCUT2D eigenvalue weighted by Crippen LogP contribution is 2.32. The number of carbonyl (C=O) groups excluding carboxylic acids is 1. The Bertz CT molecular complexity index is 556. The van der Waals surface area contributed by atoms with E-state index in [1.807, 2.05) is 0 Å². The zero-order valence-corrected chi connectivity index (χ0v) is 11.4. The van der Waals surface area contributed by atoms with Crippen LogP contribution in [0.3, 0.4) is 0 Å². The average molecular weight is 279 g/mol. The number of carbonyl (C=O) groups is 2. The first-order chi connectivity index (χ1) is 9.37. The fourth-order valence-electron chi connectivity index (χ4n) is 2.31. The second kappa shape index (κ2) is 5.03. The summed E-state index contributed by atoms with van der Waals surface area (Å²) in [5, 5.41) is 18.8. The van der Waals surface area contributed by atoms with Gasteiger partial charge in [0, 0.05) is 18.7 Å². The van der Waals surface area contributed by atoms with Crippen LogP contribution in [-0.4, -0.2) is 47.2 Å². The summed E-state index contributed by atoms with van der Waals surface area (Å²) in [5.41, 5.74) is -0.581. The van der Waals surface area contributed by atoms with Crippen molar-refractivity contribution in [2.45, 2.75) is 13.3 Å². The topological polar surface area (TPSA) is 87.1 Å². The fourth-order valence-corrected chi connectivity index (χ4v) is 2.31. The number of likely N-dealkylation sites (tertiary alicyclic amines) is 1. The maximum absolute atomic E-state index is 12.3. The van der Waals surface area contributed by atoms with E-state index in [0.29, 0.717) is 24.3 Å². The zero-order valence-electron chi connectivity index (χ0n) is 11.4. The predicted molar refractivity (Wildman–Crippen MR) is 70.9 cm³/mol. The maximum Gasteiger partial charge on any atom is 0.311 e. The number of hydrogen-bond donors (Lipinski definition) is 2. The van der Waals surface area contributed by atoms with E-state index in [0.717, 1.165) is 0 Å². The van der Waals surface area contributed by atoms with Crippen molar-refractivity contribution < 1.29 is 24.5 Å². The molecule has 1 aromatic rings. The van der Waals surface area contributed by atoms with Crippen LogP contribution in [0.5, 0.6) is 11.5 Å². The molecule has 1 unspecified atom stereocenters. The molecule has 1 aliphatic rings. The number of carboxylic acid groups (broad SMARTS) is 1. The van der Waals surface area contributed by atoms with Crippen LogP contribution < -0.4 is 4.74 Å². The summed E-state index contributed by atoms with van der Waals surface area (Å²) in [6.07, 6.45) is 0.427. The third kappa shape index (κ3) is 2.41. The van der Waals surface area contributed by atoms with Gasteiger partial charge in [0.1, 0.15) is 0 Å². The van der Waals surface area contributed by atoms with Crippen molar-refractivity contribution in [2.24, 2.45) is 5.41 Å². The molecule has 0 aromatic heterocycles. The van der Waals surface area contributed by atoms with E-state index in [4.69, 9.17) is 9.84 Å². The molecule has 2 N–H and O–H groups in total. The summed E-state index contributed by atoms with van der Waals surface area (Å²) in [7, 11) is 1.43. The van der Waals surface area contributed by atoms with E-state index in [1.165, 1.54) is 24.1 Å². The summed E-state index contributed by atoms with van der Waals surface area (Å²) in [6.45, 7) is 2.20. The number of aliphatic carboxylic acids is 1. The van der Waals surface area contributed by atoms with E-state index in [2.05, 4.69) is 0 Å². The van der Waals surface area contributed by atoms with Gasteiger partial charge in [-0.05, 0) is 31.5 Å². The van der Waals surface area contributed by atoms with Crippen LogP contribution in [0.15, 0.2) is 18.2 Å².